The molecule has 3 aromatic rings. The van der Waals surface area contributed by atoms with Crippen LogP contribution in [0.4, 0.5) is 10.1 Å². The minimum atomic E-state index is -0.439. The summed E-state index contributed by atoms with van der Waals surface area (Å²) in [5, 5.41) is 5.53. The highest BCUT2D eigenvalue weighted by atomic mass is 35.5. The van der Waals surface area contributed by atoms with Gasteiger partial charge < -0.3 is 10.1 Å². The first-order valence-electron chi connectivity index (χ1n) is 7.45. The fraction of sp³-hybridized carbons (Fsp3) is 0.100. The summed E-state index contributed by atoms with van der Waals surface area (Å²) in [6, 6.07) is 16.5. The molecule has 0 aromatic heterocycles. The van der Waals surface area contributed by atoms with Gasteiger partial charge in [0, 0.05) is 17.8 Å². The average Bonchev–Trinajstić information content (AvgIpc) is 2.61. The van der Waals surface area contributed by atoms with Gasteiger partial charge in [0.25, 0.3) is 0 Å². The largest absolute Gasteiger partial charge is 0.481 e. The van der Waals surface area contributed by atoms with E-state index in [1.807, 2.05) is 36.4 Å². The number of terminal acetylenes is 1. The minimum Gasteiger partial charge on any atom is -0.481 e. The van der Waals surface area contributed by atoms with E-state index in [0.717, 1.165) is 27.8 Å². The predicted octanol–water partition coefficient (Wildman–Crippen LogP) is 5.26. The van der Waals surface area contributed by atoms with E-state index < -0.39 is 5.82 Å². The molecule has 0 heterocycles. The van der Waals surface area contributed by atoms with Crippen molar-refractivity contribution >= 4 is 28.1 Å². The van der Waals surface area contributed by atoms with Crippen LogP contribution in [0, 0.1) is 18.2 Å². The fourth-order valence-corrected chi connectivity index (χ4v) is 2.73. The van der Waals surface area contributed by atoms with E-state index in [4.69, 9.17) is 22.8 Å². The molecule has 0 aliphatic rings. The van der Waals surface area contributed by atoms with Crippen molar-refractivity contribution in [3.05, 3.63) is 71.0 Å². The number of nitrogens with one attached hydrogen (secondary N) is 1. The summed E-state index contributed by atoms with van der Waals surface area (Å²) in [6.07, 6.45) is 5.29. The highest BCUT2D eigenvalue weighted by molar-refractivity contribution is 6.31. The Balaban J connectivity index is 1.93. The Bertz CT molecular complexity index is 917. The number of ether oxygens (including phenoxy) is 1. The summed E-state index contributed by atoms with van der Waals surface area (Å²) >= 11 is 5.83. The normalized spacial score (nSPS) is 10.4. The van der Waals surface area contributed by atoms with Crippen molar-refractivity contribution in [1.29, 1.82) is 0 Å². The Kier molecular flexibility index (Phi) is 4.88. The van der Waals surface area contributed by atoms with Crippen LogP contribution >= 0.6 is 11.6 Å². The molecule has 24 heavy (non-hydrogen) atoms. The molecule has 2 nitrogen and oxygen atoms in total. The first-order chi connectivity index (χ1) is 11.7. The molecule has 0 saturated heterocycles. The summed E-state index contributed by atoms with van der Waals surface area (Å²) in [5.74, 6) is 2.77. The van der Waals surface area contributed by atoms with Crippen molar-refractivity contribution in [3.8, 4) is 18.1 Å². The zero-order chi connectivity index (χ0) is 16.9. The summed E-state index contributed by atoms with van der Waals surface area (Å²) in [6.45, 7) is 0.705. The molecule has 0 unspecified atom stereocenters. The molecule has 3 aromatic carbocycles. The van der Waals surface area contributed by atoms with Crippen LogP contribution < -0.4 is 10.1 Å². The number of hydrogen-bond donors (Lipinski definition) is 1. The van der Waals surface area contributed by atoms with Crippen molar-refractivity contribution in [2.24, 2.45) is 0 Å². The second-order valence-corrected chi connectivity index (χ2v) is 5.65. The van der Waals surface area contributed by atoms with Crippen LogP contribution in [0.3, 0.4) is 0 Å². The number of benzene rings is 3. The standard InChI is InChI=1S/C20H15ClFNO/c1-2-11-24-20-10-7-14-5-3-4-6-16(14)17(20)13-23-15-8-9-19(22)18(21)12-15/h1,3-10,12,23H,11,13H2. The summed E-state index contributed by atoms with van der Waals surface area (Å²) in [4.78, 5) is 0. The first kappa shape index (κ1) is 16.2. The van der Waals surface area contributed by atoms with Gasteiger partial charge in [-0.1, -0.05) is 47.9 Å². The molecule has 3 rings (SSSR count). The molecule has 0 saturated carbocycles. The Morgan fingerprint density at radius 2 is 1.96 bits per heavy atom. The van der Waals surface area contributed by atoms with Gasteiger partial charge in [0.05, 0.1) is 5.02 Å². The van der Waals surface area contributed by atoms with Gasteiger partial charge in [-0.05, 0) is 35.0 Å². The van der Waals surface area contributed by atoms with Gasteiger partial charge in [-0.15, -0.1) is 6.42 Å². The van der Waals surface area contributed by atoms with Gasteiger partial charge in [-0.25, -0.2) is 4.39 Å². The van der Waals surface area contributed by atoms with Gasteiger partial charge >= 0.3 is 0 Å². The maximum Gasteiger partial charge on any atom is 0.148 e. The van der Waals surface area contributed by atoms with E-state index in [1.165, 1.54) is 6.07 Å². The zero-order valence-electron chi connectivity index (χ0n) is 12.9. The summed E-state index contributed by atoms with van der Waals surface area (Å²) < 4.78 is 18.9. The Morgan fingerprint density at radius 1 is 1.12 bits per heavy atom. The highest BCUT2D eigenvalue weighted by Crippen LogP contribution is 2.29. The number of rotatable bonds is 5. The molecule has 0 spiro atoms. The molecular formula is C20H15ClFNO. The van der Waals surface area contributed by atoms with Crippen LogP contribution in [0.25, 0.3) is 10.8 Å². The molecule has 0 radical (unpaired) electrons. The van der Waals surface area contributed by atoms with Crippen LogP contribution in [0.5, 0.6) is 5.75 Å². The van der Waals surface area contributed by atoms with Crippen LogP contribution in [0.2, 0.25) is 5.02 Å². The van der Waals surface area contributed by atoms with Gasteiger partial charge in [0.15, 0.2) is 0 Å². The maximum absolute atomic E-state index is 13.3. The first-order valence-corrected chi connectivity index (χ1v) is 7.82. The van der Waals surface area contributed by atoms with E-state index in [9.17, 15) is 4.39 Å². The van der Waals surface area contributed by atoms with Crippen molar-refractivity contribution < 1.29 is 9.13 Å². The Morgan fingerprint density at radius 3 is 2.75 bits per heavy atom. The lowest BCUT2D eigenvalue weighted by Gasteiger charge is -2.15. The van der Waals surface area contributed by atoms with Crippen LogP contribution in [-0.4, -0.2) is 6.61 Å². The molecule has 120 valence electrons. The molecule has 0 aliphatic heterocycles. The Labute approximate surface area is 145 Å². The number of fused-ring (bicyclic) bond motifs is 1. The summed E-state index contributed by atoms with van der Waals surface area (Å²) in [5.41, 5.74) is 1.72. The lowest BCUT2D eigenvalue weighted by molar-refractivity contribution is 0.367. The van der Waals surface area contributed by atoms with Gasteiger partial charge in [-0.2, -0.15) is 0 Å². The second-order valence-electron chi connectivity index (χ2n) is 5.24. The molecule has 0 amide bonds. The van der Waals surface area contributed by atoms with E-state index >= 15 is 0 Å². The fourth-order valence-electron chi connectivity index (χ4n) is 2.55. The second kappa shape index (κ2) is 7.25. The zero-order valence-corrected chi connectivity index (χ0v) is 13.6. The highest BCUT2D eigenvalue weighted by Gasteiger charge is 2.09. The van der Waals surface area contributed by atoms with Crippen molar-refractivity contribution in [2.75, 3.05) is 11.9 Å². The molecule has 4 heteroatoms. The van der Waals surface area contributed by atoms with Crippen LogP contribution in [0.1, 0.15) is 5.56 Å². The van der Waals surface area contributed by atoms with Gasteiger partial charge in [-0.3, -0.25) is 0 Å². The molecule has 0 atom stereocenters. The van der Waals surface area contributed by atoms with Gasteiger partial charge in [0.2, 0.25) is 0 Å². The third-order valence-corrected chi connectivity index (χ3v) is 3.99. The quantitative estimate of drug-likeness (QED) is 0.640. The smallest absolute Gasteiger partial charge is 0.148 e. The molecule has 0 fully saturated rings. The SMILES string of the molecule is C#CCOc1ccc2ccccc2c1CNc1ccc(F)c(Cl)c1. The van der Waals surface area contributed by atoms with Crippen LogP contribution in [0.15, 0.2) is 54.6 Å². The minimum absolute atomic E-state index is 0.0849. The third-order valence-electron chi connectivity index (χ3n) is 3.70. The van der Waals surface area contributed by atoms with Crippen molar-refractivity contribution in [3.63, 3.8) is 0 Å². The van der Waals surface area contributed by atoms with Crippen LogP contribution in [-0.2, 0) is 6.54 Å². The van der Waals surface area contributed by atoms with Crippen molar-refractivity contribution in [2.45, 2.75) is 6.54 Å². The number of anilines is 1. The lowest BCUT2D eigenvalue weighted by atomic mass is 10.0. The number of halogens is 2. The maximum atomic E-state index is 13.3. The summed E-state index contributed by atoms with van der Waals surface area (Å²) in [7, 11) is 0. The molecule has 0 aliphatic carbocycles. The molecular weight excluding hydrogens is 325 g/mol. The topological polar surface area (TPSA) is 21.3 Å². The van der Waals surface area contributed by atoms with E-state index in [0.29, 0.717) is 6.54 Å². The number of hydrogen-bond acceptors (Lipinski definition) is 2. The monoisotopic (exact) mass is 339 g/mol. The van der Waals surface area contributed by atoms with E-state index in [-0.39, 0.29) is 11.6 Å². The van der Waals surface area contributed by atoms with Gasteiger partial charge in [0.1, 0.15) is 18.2 Å². The predicted molar refractivity (Wildman–Crippen MR) is 97.0 cm³/mol. The van der Waals surface area contributed by atoms with E-state index in [2.05, 4.69) is 11.2 Å². The average molecular weight is 340 g/mol. The van der Waals surface area contributed by atoms with Crippen molar-refractivity contribution in [1.82, 2.24) is 0 Å². The molecule has 0 bridgehead atoms. The molecule has 1 N–H and O–H groups in total. The lowest BCUT2D eigenvalue weighted by Crippen LogP contribution is -2.04. The van der Waals surface area contributed by atoms with E-state index in [1.54, 1.807) is 12.1 Å². The Hall–Kier alpha value is -2.70. The third kappa shape index (κ3) is 3.45.